The zero-order chi connectivity index (χ0) is 10.3. The van der Waals surface area contributed by atoms with E-state index in [-0.39, 0.29) is 10.5 Å². The molecular formula is C8H5NO4S. The van der Waals surface area contributed by atoms with Gasteiger partial charge in [-0.15, -0.1) is 0 Å². The molecular weight excluding hydrogens is 206 g/mol. The van der Waals surface area contributed by atoms with E-state index >= 15 is 0 Å². The first-order chi connectivity index (χ1) is 6.52. The Kier molecular flexibility index (Phi) is 1.68. The summed E-state index contributed by atoms with van der Waals surface area (Å²) < 4.78 is 25.8. The molecule has 1 aliphatic heterocycles. The lowest BCUT2D eigenvalue weighted by atomic mass is 10.1. The van der Waals surface area contributed by atoms with E-state index in [0.717, 1.165) is 0 Å². The molecule has 0 saturated heterocycles. The predicted octanol–water partition coefficient (Wildman–Crippen LogP) is 0.263. The number of carbonyl (C=O) groups is 1. The van der Waals surface area contributed by atoms with E-state index < -0.39 is 21.7 Å². The molecule has 6 heteroatoms. The van der Waals surface area contributed by atoms with Crippen molar-refractivity contribution in [2.45, 2.75) is 4.90 Å². The normalized spacial score (nSPS) is 17.3. The summed E-state index contributed by atoms with van der Waals surface area (Å²) in [4.78, 5) is 10.6. The standard InChI is InChI=1S/C8H5NO4S/c10-8(11)7-5-3-1-2-4-6(5)14(12,13)9-7/h1-4H,(H,10,11). The fourth-order valence-electron chi connectivity index (χ4n) is 1.26. The highest BCUT2D eigenvalue weighted by atomic mass is 32.2. The summed E-state index contributed by atoms with van der Waals surface area (Å²) in [5, 5.41) is 8.70. The van der Waals surface area contributed by atoms with Crippen molar-refractivity contribution in [3.63, 3.8) is 0 Å². The van der Waals surface area contributed by atoms with E-state index in [1.165, 1.54) is 18.2 Å². The number of fused-ring (bicyclic) bond motifs is 1. The lowest BCUT2D eigenvalue weighted by molar-refractivity contribution is -0.129. The maximum absolute atomic E-state index is 11.3. The third-order valence-electron chi connectivity index (χ3n) is 1.83. The minimum atomic E-state index is -3.79. The van der Waals surface area contributed by atoms with E-state index in [2.05, 4.69) is 4.40 Å². The molecule has 2 rings (SSSR count). The molecule has 0 amide bonds. The minimum Gasteiger partial charge on any atom is -0.476 e. The summed E-state index contributed by atoms with van der Waals surface area (Å²) in [5.74, 6) is -1.33. The van der Waals surface area contributed by atoms with Gasteiger partial charge in [0, 0.05) is 5.56 Å². The highest BCUT2D eigenvalue weighted by Crippen LogP contribution is 2.25. The van der Waals surface area contributed by atoms with Crippen LogP contribution in [0.5, 0.6) is 0 Å². The molecule has 0 bridgehead atoms. The van der Waals surface area contributed by atoms with Crippen LogP contribution in [0.1, 0.15) is 5.56 Å². The van der Waals surface area contributed by atoms with Gasteiger partial charge in [-0.05, 0) is 6.07 Å². The van der Waals surface area contributed by atoms with Gasteiger partial charge in [-0.1, -0.05) is 18.2 Å². The van der Waals surface area contributed by atoms with Crippen LogP contribution in [0.4, 0.5) is 0 Å². The Morgan fingerprint density at radius 3 is 2.57 bits per heavy atom. The van der Waals surface area contributed by atoms with E-state index in [0.29, 0.717) is 0 Å². The number of carboxylic acid groups (broad SMARTS) is 1. The van der Waals surface area contributed by atoms with E-state index in [1.807, 2.05) is 0 Å². The highest BCUT2D eigenvalue weighted by molar-refractivity contribution is 7.90. The largest absolute Gasteiger partial charge is 0.476 e. The molecule has 1 aromatic carbocycles. The van der Waals surface area contributed by atoms with Crippen LogP contribution in [0, 0.1) is 0 Å². The summed E-state index contributed by atoms with van der Waals surface area (Å²) in [6, 6.07) is 5.85. The fourth-order valence-corrected chi connectivity index (χ4v) is 2.47. The Labute approximate surface area is 79.8 Å². The van der Waals surface area contributed by atoms with Crippen LogP contribution in [0.25, 0.3) is 0 Å². The molecule has 0 aliphatic carbocycles. The van der Waals surface area contributed by atoms with Crippen molar-refractivity contribution in [1.82, 2.24) is 0 Å². The van der Waals surface area contributed by atoms with Crippen LogP contribution in [0.2, 0.25) is 0 Å². The first-order valence-electron chi connectivity index (χ1n) is 3.70. The Bertz CT molecular complexity index is 544. The molecule has 0 saturated carbocycles. The van der Waals surface area contributed by atoms with E-state index in [4.69, 9.17) is 5.11 Å². The lowest BCUT2D eigenvalue weighted by Gasteiger charge is -1.95. The SMILES string of the molecule is O=C(O)C1=NS(=O)(=O)c2ccccc21. The Balaban J connectivity index is 2.79. The van der Waals surface area contributed by atoms with Gasteiger partial charge >= 0.3 is 5.97 Å². The van der Waals surface area contributed by atoms with Gasteiger partial charge in [0.05, 0.1) is 4.90 Å². The minimum absolute atomic E-state index is 0.0441. The Morgan fingerprint density at radius 1 is 1.29 bits per heavy atom. The van der Waals surface area contributed by atoms with Crippen LogP contribution in [0.15, 0.2) is 33.6 Å². The van der Waals surface area contributed by atoms with Crippen molar-refractivity contribution in [2.75, 3.05) is 0 Å². The number of nitrogens with zero attached hydrogens (tertiary/aromatic N) is 1. The summed E-state index contributed by atoms with van der Waals surface area (Å²) in [6.45, 7) is 0. The molecule has 1 aliphatic rings. The number of sulfonamides is 1. The Hall–Kier alpha value is -1.69. The average molecular weight is 211 g/mol. The molecule has 1 heterocycles. The fraction of sp³-hybridized carbons (Fsp3) is 0. The van der Waals surface area contributed by atoms with Gasteiger partial charge in [0.2, 0.25) is 0 Å². The molecule has 0 radical (unpaired) electrons. The van der Waals surface area contributed by atoms with Gasteiger partial charge in [0.1, 0.15) is 0 Å². The molecule has 0 fully saturated rings. The molecule has 14 heavy (non-hydrogen) atoms. The van der Waals surface area contributed by atoms with E-state index in [9.17, 15) is 13.2 Å². The van der Waals surface area contributed by atoms with Gasteiger partial charge < -0.3 is 5.11 Å². The molecule has 1 aromatic rings. The monoisotopic (exact) mass is 211 g/mol. The third kappa shape index (κ3) is 1.12. The molecule has 0 atom stereocenters. The number of hydrogen-bond donors (Lipinski definition) is 1. The molecule has 0 spiro atoms. The van der Waals surface area contributed by atoms with Crippen molar-refractivity contribution >= 4 is 21.7 Å². The third-order valence-corrected chi connectivity index (χ3v) is 3.17. The first-order valence-corrected chi connectivity index (χ1v) is 5.14. The molecule has 1 N–H and O–H groups in total. The van der Waals surface area contributed by atoms with Crippen molar-refractivity contribution in [1.29, 1.82) is 0 Å². The number of hydrogen-bond acceptors (Lipinski definition) is 3. The molecule has 72 valence electrons. The summed E-state index contributed by atoms with van der Waals surface area (Å²) >= 11 is 0. The maximum Gasteiger partial charge on any atom is 0.356 e. The maximum atomic E-state index is 11.3. The molecule has 5 nitrogen and oxygen atoms in total. The topological polar surface area (TPSA) is 83.8 Å². The van der Waals surface area contributed by atoms with Crippen LogP contribution >= 0.6 is 0 Å². The van der Waals surface area contributed by atoms with Crippen LogP contribution in [-0.4, -0.2) is 25.2 Å². The second kappa shape index (κ2) is 2.65. The lowest BCUT2D eigenvalue weighted by Crippen LogP contribution is -2.11. The van der Waals surface area contributed by atoms with Crippen molar-refractivity contribution in [3.8, 4) is 0 Å². The number of carboxylic acids is 1. The summed E-state index contributed by atoms with van der Waals surface area (Å²) in [6.07, 6.45) is 0. The van der Waals surface area contributed by atoms with Crippen molar-refractivity contribution in [3.05, 3.63) is 29.8 Å². The van der Waals surface area contributed by atoms with Crippen LogP contribution in [-0.2, 0) is 14.8 Å². The predicted molar refractivity (Wildman–Crippen MR) is 47.8 cm³/mol. The second-order valence-electron chi connectivity index (χ2n) is 2.72. The van der Waals surface area contributed by atoms with Crippen LogP contribution in [0.3, 0.4) is 0 Å². The Morgan fingerprint density at radius 2 is 1.93 bits per heavy atom. The zero-order valence-electron chi connectivity index (χ0n) is 6.84. The number of benzene rings is 1. The number of rotatable bonds is 1. The van der Waals surface area contributed by atoms with Gasteiger partial charge in [-0.3, -0.25) is 0 Å². The molecule has 0 unspecified atom stereocenters. The quantitative estimate of drug-likeness (QED) is 0.722. The van der Waals surface area contributed by atoms with Gasteiger partial charge in [-0.25, -0.2) is 4.79 Å². The molecule has 0 aromatic heterocycles. The summed E-state index contributed by atoms with van der Waals surface area (Å²) in [7, 11) is -3.79. The number of aliphatic carboxylic acids is 1. The van der Waals surface area contributed by atoms with Gasteiger partial charge in [0.25, 0.3) is 10.0 Å². The average Bonchev–Trinajstić information content (AvgIpc) is 2.40. The first kappa shape index (κ1) is 8.89. The van der Waals surface area contributed by atoms with Gasteiger partial charge in [-0.2, -0.15) is 12.8 Å². The zero-order valence-corrected chi connectivity index (χ0v) is 7.65. The van der Waals surface area contributed by atoms with Crippen molar-refractivity contribution < 1.29 is 18.3 Å². The summed E-state index contributed by atoms with van der Waals surface area (Å²) in [5.41, 5.74) is -0.263. The smallest absolute Gasteiger partial charge is 0.356 e. The van der Waals surface area contributed by atoms with E-state index in [1.54, 1.807) is 6.07 Å². The van der Waals surface area contributed by atoms with Crippen molar-refractivity contribution in [2.24, 2.45) is 4.40 Å². The second-order valence-corrected chi connectivity index (χ2v) is 4.29. The van der Waals surface area contributed by atoms with Gasteiger partial charge in [0.15, 0.2) is 5.71 Å². The highest BCUT2D eigenvalue weighted by Gasteiger charge is 2.31. The van der Waals surface area contributed by atoms with Crippen LogP contribution < -0.4 is 0 Å².